The molecule has 7 heteroatoms. The van der Waals surface area contributed by atoms with Crippen LogP contribution < -0.4 is 10.6 Å². The highest BCUT2D eigenvalue weighted by molar-refractivity contribution is 5.48. The number of piperazine rings is 1. The van der Waals surface area contributed by atoms with E-state index >= 15 is 0 Å². The molecule has 0 radical (unpaired) electrons. The Morgan fingerprint density at radius 2 is 1.85 bits per heavy atom. The first kappa shape index (κ1) is 15.1. The third kappa shape index (κ3) is 3.83. The monoisotopic (exact) mass is 288 g/mol. The molecule has 1 aromatic rings. The van der Waals surface area contributed by atoms with Crippen LogP contribution in [0.15, 0.2) is 12.1 Å². The van der Waals surface area contributed by atoms with Gasteiger partial charge in [-0.15, -0.1) is 0 Å². The number of pyridine rings is 1. The van der Waals surface area contributed by atoms with Crippen molar-refractivity contribution in [2.45, 2.75) is 19.6 Å². The quantitative estimate of drug-likeness (QED) is 0.916. The average Bonchev–Trinajstić information content (AvgIpc) is 2.38. The lowest BCUT2D eigenvalue weighted by Gasteiger charge is -2.36. The standard InChI is InChI=1S/C13H19F3N4/c1-10-2-3-11(8-17)12(18-10)20-6-4-19(5-7-20)9-13(14,15)16/h2-3H,4-9,17H2,1H3. The Kier molecular flexibility index (Phi) is 4.49. The van der Waals surface area contributed by atoms with Crippen molar-refractivity contribution in [1.29, 1.82) is 0 Å². The van der Waals surface area contributed by atoms with Crippen LogP contribution in [0.25, 0.3) is 0 Å². The van der Waals surface area contributed by atoms with E-state index in [4.69, 9.17) is 5.73 Å². The van der Waals surface area contributed by atoms with Gasteiger partial charge in [-0.25, -0.2) is 4.98 Å². The maximum Gasteiger partial charge on any atom is 0.401 e. The minimum atomic E-state index is -4.13. The largest absolute Gasteiger partial charge is 0.401 e. The molecule has 0 aliphatic carbocycles. The molecule has 0 amide bonds. The van der Waals surface area contributed by atoms with Crippen LogP contribution in [-0.4, -0.2) is 48.8 Å². The lowest BCUT2D eigenvalue weighted by molar-refractivity contribution is -0.146. The smallest absolute Gasteiger partial charge is 0.354 e. The summed E-state index contributed by atoms with van der Waals surface area (Å²) >= 11 is 0. The Hall–Kier alpha value is -1.34. The van der Waals surface area contributed by atoms with Crippen LogP contribution in [0.4, 0.5) is 19.0 Å². The van der Waals surface area contributed by atoms with Crippen LogP contribution >= 0.6 is 0 Å². The molecule has 2 heterocycles. The fourth-order valence-corrected chi connectivity index (χ4v) is 2.38. The van der Waals surface area contributed by atoms with E-state index in [9.17, 15) is 13.2 Å². The molecule has 0 bridgehead atoms. The highest BCUT2D eigenvalue weighted by Crippen LogP contribution is 2.22. The minimum absolute atomic E-state index is 0.380. The topological polar surface area (TPSA) is 45.4 Å². The lowest BCUT2D eigenvalue weighted by Crippen LogP contribution is -2.49. The Balaban J connectivity index is 2.02. The zero-order chi connectivity index (χ0) is 14.8. The summed E-state index contributed by atoms with van der Waals surface area (Å²) in [6, 6.07) is 3.82. The number of alkyl halides is 3. The second kappa shape index (κ2) is 5.97. The Morgan fingerprint density at radius 3 is 2.40 bits per heavy atom. The summed E-state index contributed by atoms with van der Waals surface area (Å²) < 4.78 is 37.0. The Labute approximate surface area is 116 Å². The van der Waals surface area contributed by atoms with Crippen molar-refractivity contribution in [1.82, 2.24) is 9.88 Å². The van der Waals surface area contributed by atoms with Crippen LogP contribution in [-0.2, 0) is 6.54 Å². The molecule has 1 fully saturated rings. The number of hydrogen-bond donors (Lipinski definition) is 1. The molecule has 20 heavy (non-hydrogen) atoms. The number of halogens is 3. The number of aromatic nitrogens is 1. The SMILES string of the molecule is Cc1ccc(CN)c(N2CCN(CC(F)(F)F)CC2)n1. The zero-order valence-corrected chi connectivity index (χ0v) is 11.5. The Morgan fingerprint density at radius 1 is 1.20 bits per heavy atom. The third-order valence-corrected chi connectivity index (χ3v) is 3.39. The molecule has 112 valence electrons. The lowest BCUT2D eigenvalue weighted by atomic mass is 10.2. The van der Waals surface area contributed by atoms with Gasteiger partial charge in [0.2, 0.25) is 0 Å². The molecule has 2 rings (SSSR count). The molecule has 0 spiro atoms. The number of nitrogens with two attached hydrogens (primary N) is 1. The van der Waals surface area contributed by atoms with Crippen molar-refractivity contribution in [2.24, 2.45) is 5.73 Å². The fraction of sp³-hybridized carbons (Fsp3) is 0.615. The number of hydrogen-bond acceptors (Lipinski definition) is 4. The Bertz CT molecular complexity index is 453. The number of aryl methyl sites for hydroxylation is 1. The van der Waals surface area contributed by atoms with E-state index in [1.165, 1.54) is 4.90 Å². The molecule has 0 atom stereocenters. The first-order valence-electron chi connectivity index (χ1n) is 6.59. The molecule has 4 nitrogen and oxygen atoms in total. The minimum Gasteiger partial charge on any atom is -0.354 e. The van der Waals surface area contributed by atoms with E-state index in [-0.39, 0.29) is 0 Å². The van der Waals surface area contributed by atoms with Gasteiger partial charge in [-0.2, -0.15) is 13.2 Å². The second-order valence-electron chi connectivity index (χ2n) is 5.02. The molecule has 1 aliphatic rings. The number of anilines is 1. The van der Waals surface area contributed by atoms with Crippen molar-refractivity contribution < 1.29 is 13.2 Å². The normalized spacial score (nSPS) is 17.6. The summed E-state index contributed by atoms with van der Waals surface area (Å²) in [5, 5.41) is 0. The van der Waals surface area contributed by atoms with Crippen LogP contribution in [0, 0.1) is 6.92 Å². The number of nitrogens with zero attached hydrogens (tertiary/aromatic N) is 3. The van der Waals surface area contributed by atoms with Gasteiger partial charge < -0.3 is 10.6 Å². The summed E-state index contributed by atoms with van der Waals surface area (Å²) in [7, 11) is 0. The van der Waals surface area contributed by atoms with Gasteiger partial charge in [0, 0.05) is 44.0 Å². The predicted octanol–water partition coefficient (Wildman–Crippen LogP) is 1.53. The van der Waals surface area contributed by atoms with Gasteiger partial charge in [-0.3, -0.25) is 4.90 Å². The van der Waals surface area contributed by atoms with E-state index in [0.717, 1.165) is 17.1 Å². The van der Waals surface area contributed by atoms with Crippen molar-refractivity contribution >= 4 is 5.82 Å². The summed E-state index contributed by atoms with van der Waals surface area (Å²) in [5.74, 6) is 0.805. The zero-order valence-electron chi connectivity index (χ0n) is 11.5. The molecule has 1 aliphatic heterocycles. The summed E-state index contributed by atoms with van der Waals surface area (Å²) in [4.78, 5) is 7.91. The van der Waals surface area contributed by atoms with Gasteiger partial charge in [0.25, 0.3) is 0 Å². The average molecular weight is 288 g/mol. The molecule has 0 aromatic carbocycles. The van der Waals surface area contributed by atoms with Gasteiger partial charge in [0.15, 0.2) is 0 Å². The maximum atomic E-state index is 12.3. The highest BCUT2D eigenvalue weighted by Gasteiger charge is 2.32. The molecule has 0 unspecified atom stereocenters. The van der Waals surface area contributed by atoms with Gasteiger partial charge in [-0.05, 0) is 13.0 Å². The van der Waals surface area contributed by atoms with Crippen molar-refractivity contribution in [2.75, 3.05) is 37.6 Å². The van der Waals surface area contributed by atoms with Gasteiger partial charge in [0.1, 0.15) is 5.82 Å². The van der Waals surface area contributed by atoms with E-state index in [1.54, 1.807) is 0 Å². The third-order valence-electron chi connectivity index (χ3n) is 3.39. The molecule has 2 N–H and O–H groups in total. The maximum absolute atomic E-state index is 12.3. The van der Waals surface area contributed by atoms with Crippen molar-refractivity contribution in [3.8, 4) is 0 Å². The molecule has 1 saturated heterocycles. The number of rotatable bonds is 3. The molecular weight excluding hydrogens is 269 g/mol. The van der Waals surface area contributed by atoms with E-state index in [0.29, 0.717) is 32.7 Å². The predicted molar refractivity (Wildman–Crippen MR) is 71.6 cm³/mol. The van der Waals surface area contributed by atoms with E-state index in [2.05, 4.69) is 4.98 Å². The highest BCUT2D eigenvalue weighted by atomic mass is 19.4. The molecule has 1 aromatic heterocycles. The van der Waals surface area contributed by atoms with Crippen molar-refractivity contribution in [3.05, 3.63) is 23.4 Å². The first-order chi connectivity index (χ1) is 9.39. The van der Waals surface area contributed by atoms with Crippen LogP contribution in [0.2, 0.25) is 0 Å². The van der Waals surface area contributed by atoms with Gasteiger partial charge in [0.05, 0.1) is 6.54 Å². The summed E-state index contributed by atoms with van der Waals surface area (Å²) in [6.07, 6.45) is -4.13. The fourth-order valence-electron chi connectivity index (χ4n) is 2.38. The van der Waals surface area contributed by atoms with Gasteiger partial charge in [-0.1, -0.05) is 6.07 Å². The van der Waals surface area contributed by atoms with E-state index in [1.807, 2.05) is 24.0 Å². The van der Waals surface area contributed by atoms with Gasteiger partial charge >= 0.3 is 6.18 Å². The second-order valence-corrected chi connectivity index (χ2v) is 5.02. The van der Waals surface area contributed by atoms with E-state index < -0.39 is 12.7 Å². The van der Waals surface area contributed by atoms with Crippen molar-refractivity contribution in [3.63, 3.8) is 0 Å². The van der Waals surface area contributed by atoms with Crippen LogP contribution in [0.5, 0.6) is 0 Å². The summed E-state index contributed by atoms with van der Waals surface area (Å²) in [5.41, 5.74) is 7.51. The summed E-state index contributed by atoms with van der Waals surface area (Å²) in [6.45, 7) is 3.29. The molecular formula is C13H19F3N4. The van der Waals surface area contributed by atoms with Crippen LogP contribution in [0.1, 0.15) is 11.3 Å². The first-order valence-corrected chi connectivity index (χ1v) is 6.59. The van der Waals surface area contributed by atoms with Crippen LogP contribution in [0.3, 0.4) is 0 Å². The molecule has 0 saturated carbocycles.